The number of amides is 1. The highest BCUT2D eigenvalue weighted by Gasteiger charge is 2.36. The molecule has 0 aromatic carbocycles. The Balaban J connectivity index is 1.99. The third-order valence-corrected chi connectivity index (χ3v) is 4.59. The summed E-state index contributed by atoms with van der Waals surface area (Å²) in [5.74, 6) is 0.119. The summed E-state index contributed by atoms with van der Waals surface area (Å²) in [5.41, 5.74) is -0.374. The van der Waals surface area contributed by atoms with Crippen LogP contribution in [0.3, 0.4) is 0 Å². The van der Waals surface area contributed by atoms with Crippen LogP contribution in [0.15, 0.2) is 12.1 Å². The van der Waals surface area contributed by atoms with Gasteiger partial charge in [0.2, 0.25) is 5.91 Å². The van der Waals surface area contributed by atoms with Gasteiger partial charge in [0.25, 0.3) is 0 Å². The van der Waals surface area contributed by atoms with Gasteiger partial charge >= 0.3 is 0 Å². The fraction of sp³-hybridized carbons (Fsp3) is 0.615. The fourth-order valence-electron chi connectivity index (χ4n) is 2.20. The summed E-state index contributed by atoms with van der Waals surface area (Å²) in [5, 5.41) is 6.39. The highest BCUT2D eigenvalue weighted by molar-refractivity contribution is 7.12. The second-order valence-corrected chi connectivity index (χ2v) is 6.33. The molecule has 0 radical (unpaired) electrons. The minimum Gasteiger partial charge on any atom is -0.347 e. The third-order valence-electron chi connectivity index (χ3n) is 3.41. The molecule has 1 amide bonds. The zero-order valence-electron chi connectivity index (χ0n) is 10.7. The Morgan fingerprint density at radius 1 is 1.59 bits per heavy atom. The van der Waals surface area contributed by atoms with Gasteiger partial charge < -0.3 is 10.6 Å². The second kappa shape index (κ2) is 4.78. The quantitative estimate of drug-likeness (QED) is 0.867. The van der Waals surface area contributed by atoms with Crippen LogP contribution in [0, 0.1) is 6.92 Å². The van der Waals surface area contributed by atoms with Crippen molar-refractivity contribution in [1.82, 2.24) is 10.6 Å². The maximum Gasteiger partial charge on any atom is 0.240 e. The van der Waals surface area contributed by atoms with Crippen LogP contribution in [0.25, 0.3) is 0 Å². The molecule has 0 saturated carbocycles. The van der Waals surface area contributed by atoms with E-state index in [1.807, 2.05) is 13.8 Å². The summed E-state index contributed by atoms with van der Waals surface area (Å²) in [6.45, 7) is 7.06. The van der Waals surface area contributed by atoms with Gasteiger partial charge in [0.1, 0.15) is 0 Å². The molecule has 1 aliphatic rings. The van der Waals surface area contributed by atoms with Crippen LogP contribution in [-0.2, 0) is 4.79 Å². The molecule has 4 heteroatoms. The van der Waals surface area contributed by atoms with Crippen LogP contribution in [0.1, 0.15) is 42.5 Å². The number of aryl methyl sites for hydroxylation is 1. The number of nitrogens with one attached hydrogen (secondary N) is 2. The molecule has 0 spiro atoms. The van der Waals surface area contributed by atoms with Gasteiger partial charge in [-0.25, -0.2) is 0 Å². The molecule has 17 heavy (non-hydrogen) atoms. The van der Waals surface area contributed by atoms with E-state index in [0.717, 1.165) is 19.4 Å². The van der Waals surface area contributed by atoms with Crippen LogP contribution in [0.4, 0.5) is 0 Å². The van der Waals surface area contributed by atoms with E-state index in [1.54, 1.807) is 11.3 Å². The Morgan fingerprint density at radius 3 is 2.88 bits per heavy atom. The maximum atomic E-state index is 12.2. The van der Waals surface area contributed by atoms with Gasteiger partial charge in [-0.1, -0.05) is 0 Å². The van der Waals surface area contributed by atoms with Crippen molar-refractivity contribution in [3.05, 3.63) is 21.9 Å². The zero-order valence-corrected chi connectivity index (χ0v) is 11.5. The average molecular weight is 252 g/mol. The predicted molar refractivity (Wildman–Crippen MR) is 71.3 cm³/mol. The van der Waals surface area contributed by atoms with Gasteiger partial charge in [0.15, 0.2) is 0 Å². The Labute approximate surface area is 107 Å². The Kier molecular flexibility index (Phi) is 3.54. The van der Waals surface area contributed by atoms with Crippen molar-refractivity contribution >= 4 is 17.2 Å². The fourth-order valence-corrected chi connectivity index (χ4v) is 3.08. The van der Waals surface area contributed by atoms with Crippen molar-refractivity contribution in [2.45, 2.75) is 45.2 Å². The molecule has 0 aliphatic carbocycles. The first kappa shape index (κ1) is 12.6. The summed E-state index contributed by atoms with van der Waals surface area (Å²) in [7, 11) is 0. The molecule has 1 saturated heterocycles. The molecule has 2 rings (SSSR count). The summed E-state index contributed by atoms with van der Waals surface area (Å²) in [6, 6.07) is 4.29. The van der Waals surface area contributed by atoms with Crippen molar-refractivity contribution in [2.75, 3.05) is 6.54 Å². The lowest BCUT2D eigenvalue weighted by atomic mass is 9.99. The lowest BCUT2D eigenvalue weighted by Crippen LogP contribution is -2.51. The normalized spacial score (nSPS) is 25.8. The molecule has 94 valence electrons. The predicted octanol–water partition coefficient (Wildman–Crippen LogP) is 2.38. The molecular formula is C13H20N2OS. The van der Waals surface area contributed by atoms with Gasteiger partial charge in [0, 0.05) is 9.75 Å². The minimum absolute atomic E-state index is 0.0976. The first-order chi connectivity index (χ1) is 8.01. The number of thiophene rings is 1. The SMILES string of the molecule is Cc1ccc(C(C)NC(=O)C2(C)CCCN2)s1. The largest absolute Gasteiger partial charge is 0.347 e. The number of carbonyl (C=O) groups is 1. The first-order valence-corrected chi connectivity index (χ1v) is 6.95. The van der Waals surface area contributed by atoms with Crippen molar-refractivity contribution < 1.29 is 4.79 Å². The molecule has 0 bridgehead atoms. The van der Waals surface area contributed by atoms with Crippen LogP contribution < -0.4 is 10.6 Å². The molecule has 1 aromatic rings. The summed E-state index contributed by atoms with van der Waals surface area (Å²) < 4.78 is 0. The van der Waals surface area contributed by atoms with Gasteiger partial charge in [-0.2, -0.15) is 0 Å². The highest BCUT2D eigenvalue weighted by Crippen LogP contribution is 2.24. The van der Waals surface area contributed by atoms with E-state index >= 15 is 0 Å². The van der Waals surface area contributed by atoms with E-state index in [9.17, 15) is 4.79 Å². The van der Waals surface area contributed by atoms with Gasteiger partial charge in [-0.3, -0.25) is 4.79 Å². The number of hydrogen-bond donors (Lipinski definition) is 2. The zero-order chi connectivity index (χ0) is 12.5. The molecule has 2 N–H and O–H groups in total. The van der Waals surface area contributed by atoms with E-state index in [1.165, 1.54) is 9.75 Å². The van der Waals surface area contributed by atoms with Crippen molar-refractivity contribution in [1.29, 1.82) is 0 Å². The molecule has 1 aliphatic heterocycles. The standard InChI is InChI=1S/C13H20N2OS/c1-9-5-6-11(17-9)10(2)15-12(16)13(3)7-4-8-14-13/h5-6,10,14H,4,7-8H2,1-3H3,(H,15,16). The lowest BCUT2D eigenvalue weighted by molar-refractivity contribution is -0.127. The summed E-state index contributed by atoms with van der Waals surface area (Å²) in [6.07, 6.45) is 2.01. The highest BCUT2D eigenvalue weighted by atomic mass is 32.1. The average Bonchev–Trinajstić information content (AvgIpc) is 2.88. The van der Waals surface area contributed by atoms with Crippen molar-refractivity contribution in [2.24, 2.45) is 0 Å². The van der Waals surface area contributed by atoms with Crippen LogP contribution >= 0.6 is 11.3 Å². The van der Waals surface area contributed by atoms with Crippen LogP contribution in [0.5, 0.6) is 0 Å². The number of rotatable bonds is 3. The monoisotopic (exact) mass is 252 g/mol. The first-order valence-electron chi connectivity index (χ1n) is 6.13. The topological polar surface area (TPSA) is 41.1 Å². The molecule has 3 nitrogen and oxygen atoms in total. The second-order valence-electron chi connectivity index (χ2n) is 5.01. The molecule has 1 fully saturated rings. The Bertz CT molecular complexity index is 407. The van der Waals surface area contributed by atoms with Crippen molar-refractivity contribution in [3.8, 4) is 0 Å². The van der Waals surface area contributed by atoms with Crippen molar-refractivity contribution in [3.63, 3.8) is 0 Å². The van der Waals surface area contributed by atoms with E-state index in [0.29, 0.717) is 0 Å². The van der Waals surface area contributed by atoms with E-state index in [-0.39, 0.29) is 17.5 Å². The van der Waals surface area contributed by atoms with Gasteiger partial charge in [0.05, 0.1) is 11.6 Å². The van der Waals surface area contributed by atoms with Crippen LogP contribution in [-0.4, -0.2) is 18.0 Å². The molecule has 2 heterocycles. The van der Waals surface area contributed by atoms with Gasteiger partial charge in [-0.15, -0.1) is 11.3 Å². The van der Waals surface area contributed by atoms with E-state index in [2.05, 4.69) is 29.7 Å². The molecule has 1 aromatic heterocycles. The third kappa shape index (κ3) is 2.69. The number of carbonyl (C=O) groups excluding carboxylic acids is 1. The summed E-state index contributed by atoms with van der Waals surface area (Å²) >= 11 is 1.74. The van der Waals surface area contributed by atoms with E-state index in [4.69, 9.17) is 0 Å². The minimum atomic E-state index is -0.374. The smallest absolute Gasteiger partial charge is 0.240 e. The number of hydrogen-bond acceptors (Lipinski definition) is 3. The molecule has 2 unspecified atom stereocenters. The molecular weight excluding hydrogens is 232 g/mol. The molecule has 2 atom stereocenters. The van der Waals surface area contributed by atoms with E-state index < -0.39 is 0 Å². The Hall–Kier alpha value is -0.870. The lowest BCUT2D eigenvalue weighted by Gasteiger charge is -2.25. The summed E-state index contributed by atoms with van der Waals surface area (Å²) in [4.78, 5) is 14.7. The Morgan fingerprint density at radius 2 is 2.35 bits per heavy atom. The van der Waals surface area contributed by atoms with Gasteiger partial charge in [-0.05, 0) is 52.3 Å². The maximum absolute atomic E-state index is 12.2. The van der Waals surface area contributed by atoms with Crippen LogP contribution in [0.2, 0.25) is 0 Å².